The maximum atomic E-state index is 12.1. The van der Waals surface area contributed by atoms with Crippen LogP contribution in [0.5, 0.6) is 0 Å². The van der Waals surface area contributed by atoms with Gasteiger partial charge < -0.3 is 15.2 Å². The molecular formula is C13H24N2O4. The summed E-state index contributed by atoms with van der Waals surface area (Å²) < 4.78 is 4.78. The van der Waals surface area contributed by atoms with Gasteiger partial charge in [-0.05, 0) is 33.6 Å². The van der Waals surface area contributed by atoms with E-state index in [1.54, 1.807) is 0 Å². The lowest BCUT2D eigenvalue weighted by atomic mass is 10.2. The van der Waals surface area contributed by atoms with Gasteiger partial charge in [0.05, 0.1) is 12.6 Å². The lowest BCUT2D eigenvalue weighted by Crippen LogP contribution is -2.51. The molecule has 0 spiro atoms. The number of carbonyl (C=O) groups excluding carboxylic acids is 1. The minimum absolute atomic E-state index is 0.00832. The number of aliphatic carboxylic acids is 1. The Labute approximate surface area is 114 Å². The van der Waals surface area contributed by atoms with E-state index in [9.17, 15) is 9.59 Å². The third-order valence-corrected chi connectivity index (χ3v) is 3.87. The van der Waals surface area contributed by atoms with Crippen molar-refractivity contribution < 1.29 is 19.4 Å². The molecule has 6 nitrogen and oxygen atoms in total. The maximum absolute atomic E-state index is 12.1. The van der Waals surface area contributed by atoms with E-state index in [2.05, 4.69) is 24.1 Å². The van der Waals surface area contributed by atoms with Gasteiger partial charge in [0.1, 0.15) is 0 Å². The molecule has 6 heteroatoms. The fourth-order valence-corrected chi connectivity index (χ4v) is 2.73. The van der Waals surface area contributed by atoms with Crippen LogP contribution in [0.4, 0.5) is 0 Å². The Bertz CT molecular complexity index is 325. The molecule has 2 N–H and O–H groups in total. The van der Waals surface area contributed by atoms with Crippen LogP contribution in [0.25, 0.3) is 0 Å². The SMILES string of the molecule is COC(CNC(=O)C(C)N1C(C)CCC1C)C(=O)O. The van der Waals surface area contributed by atoms with Crippen LogP contribution in [-0.2, 0) is 14.3 Å². The topological polar surface area (TPSA) is 78.9 Å². The van der Waals surface area contributed by atoms with E-state index in [4.69, 9.17) is 9.84 Å². The molecule has 19 heavy (non-hydrogen) atoms. The van der Waals surface area contributed by atoms with Gasteiger partial charge in [0.25, 0.3) is 0 Å². The van der Waals surface area contributed by atoms with Crippen molar-refractivity contribution in [3.05, 3.63) is 0 Å². The molecular weight excluding hydrogens is 248 g/mol. The van der Waals surface area contributed by atoms with Gasteiger partial charge >= 0.3 is 5.97 Å². The minimum Gasteiger partial charge on any atom is -0.479 e. The number of amides is 1. The number of hydrogen-bond donors (Lipinski definition) is 2. The minimum atomic E-state index is -1.07. The van der Waals surface area contributed by atoms with Crippen LogP contribution >= 0.6 is 0 Å². The van der Waals surface area contributed by atoms with Gasteiger partial charge in [0, 0.05) is 19.2 Å². The zero-order valence-electron chi connectivity index (χ0n) is 12.0. The summed E-state index contributed by atoms with van der Waals surface area (Å²) in [5.74, 6) is -1.22. The van der Waals surface area contributed by atoms with Gasteiger partial charge in [-0.25, -0.2) is 4.79 Å². The molecule has 0 saturated carbocycles. The molecule has 0 aromatic carbocycles. The molecule has 0 aliphatic carbocycles. The van der Waals surface area contributed by atoms with Gasteiger partial charge in [0.2, 0.25) is 5.91 Å². The fourth-order valence-electron chi connectivity index (χ4n) is 2.73. The summed E-state index contributed by atoms with van der Waals surface area (Å²) in [6.45, 7) is 6.08. The molecule has 1 saturated heterocycles. The van der Waals surface area contributed by atoms with E-state index in [1.807, 2.05) is 6.92 Å². The number of carbonyl (C=O) groups is 2. The van der Waals surface area contributed by atoms with Crippen LogP contribution in [0.3, 0.4) is 0 Å². The molecule has 0 aromatic heterocycles. The van der Waals surface area contributed by atoms with Crippen molar-refractivity contribution in [1.29, 1.82) is 0 Å². The average molecular weight is 272 g/mol. The number of nitrogens with one attached hydrogen (secondary N) is 1. The smallest absolute Gasteiger partial charge is 0.334 e. The van der Waals surface area contributed by atoms with Crippen LogP contribution in [0, 0.1) is 0 Å². The number of carboxylic acids is 1. The third-order valence-electron chi connectivity index (χ3n) is 3.87. The predicted octanol–water partition coefficient (Wildman–Crippen LogP) is 0.464. The fraction of sp³-hybridized carbons (Fsp3) is 0.846. The van der Waals surface area contributed by atoms with Gasteiger partial charge in [-0.1, -0.05) is 0 Å². The summed E-state index contributed by atoms with van der Waals surface area (Å²) in [5.41, 5.74) is 0. The van der Waals surface area contributed by atoms with Gasteiger partial charge in [0.15, 0.2) is 6.10 Å². The Morgan fingerprint density at radius 1 is 1.37 bits per heavy atom. The van der Waals surface area contributed by atoms with Crippen molar-refractivity contribution in [2.75, 3.05) is 13.7 Å². The first-order valence-corrected chi connectivity index (χ1v) is 6.69. The van der Waals surface area contributed by atoms with E-state index in [0.29, 0.717) is 12.1 Å². The van der Waals surface area contributed by atoms with E-state index in [-0.39, 0.29) is 18.5 Å². The van der Waals surface area contributed by atoms with E-state index < -0.39 is 12.1 Å². The first-order valence-electron chi connectivity index (χ1n) is 6.69. The van der Waals surface area contributed by atoms with Gasteiger partial charge in [-0.15, -0.1) is 0 Å². The number of hydrogen-bond acceptors (Lipinski definition) is 4. The van der Waals surface area contributed by atoms with Crippen molar-refractivity contribution in [1.82, 2.24) is 10.2 Å². The number of ether oxygens (including phenoxy) is 1. The molecule has 4 atom stereocenters. The zero-order chi connectivity index (χ0) is 14.6. The Hall–Kier alpha value is -1.14. The van der Waals surface area contributed by atoms with Crippen LogP contribution in [-0.4, -0.2) is 59.8 Å². The molecule has 1 amide bonds. The Morgan fingerprint density at radius 2 is 1.89 bits per heavy atom. The standard InChI is InChI=1S/C13H24N2O4/c1-8-5-6-9(2)15(8)10(3)12(16)14-7-11(19-4)13(17)18/h8-11H,5-7H2,1-4H3,(H,14,16)(H,17,18). The van der Waals surface area contributed by atoms with Crippen LogP contribution < -0.4 is 5.32 Å². The normalized spacial score (nSPS) is 26.9. The molecule has 1 heterocycles. The number of rotatable bonds is 6. The van der Waals surface area contributed by atoms with Crippen molar-refractivity contribution in [2.45, 2.75) is 57.8 Å². The molecule has 1 rings (SSSR count). The van der Waals surface area contributed by atoms with Gasteiger partial charge in [-0.3, -0.25) is 9.69 Å². The highest BCUT2D eigenvalue weighted by Crippen LogP contribution is 2.25. The molecule has 1 aliphatic rings. The molecule has 0 radical (unpaired) electrons. The number of methoxy groups -OCH3 is 1. The van der Waals surface area contributed by atoms with Crippen LogP contribution in [0.15, 0.2) is 0 Å². The Kier molecular flexibility index (Phi) is 5.75. The van der Waals surface area contributed by atoms with Crippen LogP contribution in [0.2, 0.25) is 0 Å². The predicted molar refractivity (Wildman–Crippen MR) is 70.9 cm³/mol. The highest BCUT2D eigenvalue weighted by atomic mass is 16.5. The molecule has 110 valence electrons. The highest BCUT2D eigenvalue weighted by Gasteiger charge is 2.34. The Morgan fingerprint density at radius 3 is 2.32 bits per heavy atom. The molecule has 1 aliphatic heterocycles. The lowest BCUT2D eigenvalue weighted by Gasteiger charge is -2.31. The summed E-state index contributed by atoms with van der Waals surface area (Å²) in [7, 11) is 1.32. The number of likely N-dealkylation sites (tertiary alicyclic amines) is 1. The zero-order valence-corrected chi connectivity index (χ0v) is 12.0. The number of carboxylic acid groups (broad SMARTS) is 1. The quantitative estimate of drug-likeness (QED) is 0.734. The second-order valence-electron chi connectivity index (χ2n) is 5.21. The lowest BCUT2D eigenvalue weighted by molar-refractivity contribution is -0.148. The average Bonchev–Trinajstić information content (AvgIpc) is 2.68. The summed E-state index contributed by atoms with van der Waals surface area (Å²) in [5, 5.41) is 11.5. The van der Waals surface area contributed by atoms with E-state index in [0.717, 1.165) is 12.8 Å². The summed E-state index contributed by atoms with van der Waals surface area (Å²) in [4.78, 5) is 25.0. The molecule has 4 unspecified atom stereocenters. The monoisotopic (exact) mass is 272 g/mol. The first kappa shape index (κ1) is 15.9. The van der Waals surface area contributed by atoms with Crippen molar-refractivity contribution in [3.63, 3.8) is 0 Å². The van der Waals surface area contributed by atoms with E-state index in [1.165, 1.54) is 7.11 Å². The largest absolute Gasteiger partial charge is 0.479 e. The van der Waals surface area contributed by atoms with Crippen molar-refractivity contribution in [2.24, 2.45) is 0 Å². The molecule has 0 bridgehead atoms. The van der Waals surface area contributed by atoms with Crippen molar-refractivity contribution in [3.8, 4) is 0 Å². The highest BCUT2D eigenvalue weighted by molar-refractivity contribution is 5.82. The maximum Gasteiger partial charge on any atom is 0.334 e. The molecule has 0 aromatic rings. The second kappa shape index (κ2) is 6.86. The Balaban J connectivity index is 2.51. The first-order chi connectivity index (χ1) is 8.88. The molecule has 1 fully saturated rings. The summed E-state index contributed by atoms with van der Waals surface area (Å²) in [6.07, 6.45) is 1.19. The van der Waals surface area contributed by atoms with Crippen LogP contribution in [0.1, 0.15) is 33.6 Å². The number of nitrogens with zero attached hydrogens (tertiary/aromatic N) is 1. The van der Waals surface area contributed by atoms with Gasteiger partial charge in [-0.2, -0.15) is 0 Å². The van der Waals surface area contributed by atoms with Crippen molar-refractivity contribution >= 4 is 11.9 Å². The second-order valence-corrected chi connectivity index (χ2v) is 5.21. The third kappa shape index (κ3) is 3.91. The summed E-state index contributed by atoms with van der Waals surface area (Å²) >= 11 is 0. The summed E-state index contributed by atoms with van der Waals surface area (Å²) in [6, 6.07) is 0.515. The van der Waals surface area contributed by atoms with E-state index >= 15 is 0 Å².